The molecule has 0 bridgehead atoms. The first-order valence-corrected chi connectivity index (χ1v) is 8.85. The molecule has 112 valence electrons. The van der Waals surface area contributed by atoms with Gasteiger partial charge in [0, 0.05) is 26.2 Å². The Labute approximate surface area is 117 Å². The third-order valence-corrected chi connectivity index (χ3v) is 6.59. The van der Waals surface area contributed by atoms with E-state index in [1.807, 2.05) is 0 Å². The second-order valence-corrected chi connectivity index (χ2v) is 7.80. The van der Waals surface area contributed by atoms with Gasteiger partial charge in [0.2, 0.25) is 0 Å². The minimum atomic E-state index is -3.28. The molecule has 2 heterocycles. The Kier molecular flexibility index (Phi) is 4.87. The zero-order valence-corrected chi connectivity index (χ0v) is 13.1. The fraction of sp³-hybridized carbons (Fsp3) is 1.00. The molecule has 3 atom stereocenters. The summed E-state index contributed by atoms with van der Waals surface area (Å²) in [5.41, 5.74) is 0. The Morgan fingerprint density at radius 1 is 1.32 bits per heavy atom. The Morgan fingerprint density at radius 2 is 2.05 bits per heavy atom. The molecule has 1 N–H and O–H groups in total. The molecular formula is C13H27N3O2S. The van der Waals surface area contributed by atoms with Crippen LogP contribution in [0.5, 0.6) is 0 Å². The van der Waals surface area contributed by atoms with E-state index in [4.69, 9.17) is 0 Å². The fourth-order valence-electron chi connectivity index (χ4n) is 3.43. The number of nitrogens with zero attached hydrogens (tertiary/aromatic N) is 2. The number of unbranched alkanes of at least 4 members (excludes halogenated alkanes) is 1. The molecule has 0 amide bonds. The van der Waals surface area contributed by atoms with Crippen molar-refractivity contribution >= 4 is 10.2 Å². The number of hydrogen-bond acceptors (Lipinski definition) is 3. The summed E-state index contributed by atoms with van der Waals surface area (Å²) in [6, 6.07) is 0.175. The standard InChI is InChI=1S/C13H27N3O2S/c1-4-6-7-15(3)19(17,18)16-10-11-8-14-9-12(11)13(16)5-2/h11-14H,4-10H2,1-3H3. The highest BCUT2D eigenvalue weighted by Gasteiger charge is 2.48. The van der Waals surface area contributed by atoms with Crippen LogP contribution in [0.25, 0.3) is 0 Å². The van der Waals surface area contributed by atoms with Gasteiger partial charge in [-0.2, -0.15) is 17.0 Å². The molecule has 2 saturated heterocycles. The van der Waals surface area contributed by atoms with Crippen molar-refractivity contribution < 1.29 is 8.42 Å². The second-order valence-electron chi connectivity index (χ2n) is 5.81. The Morgan fingerprint density at radius 3 is 2.68 bits per heavy atom. The number of fused-ring (bicyclic) bond motifs is 1. The number of nitrogens with one attached hydrogen (secondary N) is 1. The molecule has 0 aromatic heterocycles. The highest BCUT2D eigenvalue weighted by Crippen LogP contribution is 2.36. The van der Waals surface area contributed by atoms with Crippen molar-refractivity contribution in [2.45, 2.75) is 39.2 Å². The minimum Gasteiger partial charge on any atom is -0.316 e. The van der Waals surface area contributed by atoms with Crippen molar-refractivity contribution in [3.8, 4) is 0 Å². The quantitative estimate of drug-likeness (QED) is 0.790. The maximum Gasteiger partial charge on any atom is 0.281 e. The van der Waals surface area contributed by atoms with E-state index >= 15 is 0 Å². The first-order chi connectivity index (χ1) is 9.02. The molecule has 0 spiro atoms. The summed E-state index contributed by atoms with van der Waals surface area (Å²) in [5, 5.41) is 3.39. The van der Waals surface area contributed by atoms with Crippen LogP contribution >= 0.6 is 0 Å². The predicted octanol–water partition coefficient (Wildman–Crippen LogP) is 0.893. The largest absolute Gasteiger partial charge is 0.316 e. The van der Waals surface area contributed by atoms with Gasteiger partial charge in [-0.15, -0.1) is 0 Å². The van der Waals surface area contributed by atoms with Gasteiger partial charge in [-0.3, -0.25) is 0 Å². The third kappa shape index (κ3) is 2.82. The van der Waals surface area contributed by atoms with Crippen LogP contribution in [0.4, 0.5) is 0 Å². The molecule has 19 heavy (non-hydrogen) atoms. The summed E-state index contributed by atoms with van der Waals surface area (Å²) < 4.78 is 28.6. The van der Waals surface area contributed by atoms with E-state index in [1.165, 1.54) is 4.31 Å². The zero-order chi connectivity index (χ0) is 14.0. The average molecular weight is 289 g/mol. The Bertz CT molecular complexity index is 399. The first-order valence-electron chi connectivity index (χ1n) is 7.46. The van der Waals surface area contributed by atoms with Crippen molar-refractivity contribution in [2.24, 2.45) is 11.8 Å². The van der Waals surface area contributed by atoms with Crippen LogP contribution < -0.4 is 5.32 Å². The summed E-state index contributed by atoms with van der Waals surface area (Å²) in [6.07, 6.45) is 2.85. The third-order valence-electron chi connectivity index (χ3n) is 4.61. The monoisotopic (exact) mass is 289 g/mol. The Hall–Kier alpha value is -0.170. The van der Waals surface area contributed by atoms with Crippen LogP contribution in [0.15, 0.2) is 0 Å². The normalized spacial score (nSPS) is 32.1. The van der Waals surface area contributed by atoms with E-state index in [0.29, 0.717) is 24.9 Å². The van der Waals surface area contributed by atoms with Crippen LogP contribution in [0.1, 0.15) is 33.1 Å². The van der Waals surface area contributed by atoms with Crippen LogP contribution in [0.3, 0.4) is 0 Å². The average Bonchev–Trinajstić information content (AvgIpc) is 2.95. The van der Waals surface area contributed by atoms with Crippen LogP contribution in [0, 0.1) is 11.8 Å². The second kappa shape index (κ2) is 6.08. The van der Waals surface area contributed by atoms with Crippen LogP contribution in [0.2, 0.25) is 0 Å². The summed E-state index contributed by atoms with van der Waals surface area (Å²) in [5.74, 6) is 0.999. The molecule has 2 aliphatic heterocycles. The fourth-order valence-corrected chi connectivity index (χ4v) is 5.18. The molecule has 3 unspecified atom stereocenters. The molecule has 0 aliphatic carbocycles. The summed E-state index contributed by atoms with van der Waals surface area (Å²) >= 11 is 0. The lowest BCUT2D eigenvalue weighted by atomic mass is 9.93. The molecule has 6 heteroatoms. The molecule has 0 aromatic carbocycles. The van der Waals surface area contributed by atoms with E-state index in [1.54, 1.807) is 11.4 Å². The van der Waals surface area contributed by atoms with E-state index < -0.39 is 10.2 Å². The van der Waals surface area contributed by atoms with E-state index in [2.05, 4.69) is 19.2 Å². The molecule has 0 saturated carbocycles. The van der Waals surface area contributed by atoms with Gasteiger partial charge in [-0.25, -0.2) is 0 Å². The van der Waals surface area contributed by atoms with Gasteiger partial charge in [0.05, 0.1) is 0 Å². The summed E-state index contributed by atoms with van der Waals surface area (Å²) in [6.45, 7) is 7.43. The lowest BCUT2D eigenvalue weighted by molar-refractivity contribution is 0.303. The van der Waals surface area contributed by atoms with Crippen LogP contribution in [-0.2, 0) is 10.2 Å². The van der Waals surface area contributed by atoms with E-state index in [-0.39, 0.29) is 6.04 Å². The molecule has 2 rings (SSSR count). The summed E-state index contributed by atoms with van der Waals surface area (Å²) in [7, 11) is -1.56. The molecule has 0 radical (unpaired) electrons. The van der Waals surface area contributed by atoms with Crippen molar-refractivity contribution in [1.29, 1.82) is 0 Å². The van der Waals surface area contributed by atoms with Gasteiger partial charge < -0.3 is 5.32 Å². The topological polar surface area (TPSA) is 52.7 Å². The SMILES string of the molecule is CCCCN(C)S(=O)(=O)N1CC2CNCC2C1CC. The van der Waals surface area contributed by atoms with Gasteiger partial charge in [0.15, 0.2) is 0 Å². The van der Waals surface area contributed by atoms with Crippen molar-refractivity contribution in [3.63, 3.8) is 0 Å². The number of rotatable bonds is 6. The first kappa shape index (κ1) is 15.2. The molecule has 5 nitrogen and oxygen atoms in total. The Balaban J connectivity index is 2.11. The van der Waals surface area contributed by atoms with Gasteiger partial charge >= 0.3 is 0 Å². The smallest absolute Gasteiger partial charge is 0.281 e. The van der Waals surface area contributed by atoms with Gasteiger partial charge in [-0.05, 0) is 37.8 Å². The van der Waals surface area contributed by atoms with Crippen molar-refractivity contribution in [1.82, 2.24) is 13.9 Å². The minimum absolute atomic E-state index is 0.175. The lowest BCUT2D eigenvalue weighted by Crippen LogP contribution is -2.46. The predicted molar refractivity (Wildman–Crippen MR) is 77.1 cm³/mol. The lowest BCUT2D eigenvalue weighted by Gasteiger charge is -2.30. The summed E-state index contributed by atoms with van der Waals surface area (Å²) in [4.78, 5) is 0. The van der Waals surface area contributed by atoms with E-state index in [9.17, 15) is 8.42 Å². The molecule has 2 aliphatic rings. The zero-order valence-electron chi connectivity index (χ0n) is 12.3. The highest BCUT2D eigenvalue weighted by molar-refractivity contribution is 7.86. The number of hydrogen-bond donors (Lipinski definition) is 1. The molecule has 0 aromatic rings. The highest BCUT2D eigenvalue weighted by atomic mass is 32.2. The molecular weight excluding hydrogens is 262 g/mol. The van der Waals surface area contributed by atoms with Crippen LogP contribution in [-0.4, -0.2) is 56.3 Å². The van der Waals surface area contributed by atoms with Gasteiger partial charge in [0.25, 0.3) is 10.2 Å². The van der Waals surface area contributed by atoms with Gasteiger partial charge in [0.1, 0.15) is 0 Å². The molecule has 2 fully saturated rings. The maximum absolute atomic E-state index is 12.7. The van der Waals surface area contributed by atoms with Gasteiger partial charge in [-0.1, -0.05) is 20.3 Å². The van der Waals surface area contributed by atoms with E-state index in [0.717, 1.165) is 32.4 Å². The van der Waals surface area contributed by atoms with Crippen molar-refractivity contribution in [2.75, 3.05) is 33.2 Å². The van der Waals surface area contributed by atoms with Crippen molar-refractivity contribution in [3.05, 3.63) is 0 Å². The maximum atomic E-state index is 12.7.